The minimum atomic E-state index is 0.0168. The minimum Gasteiger partial charge on any atom is -0.486 e. The van der Waals surface area contributed by atoms with Crippen molar-refractivity contribution in [3.63, 3.8) is 0 Å². The van der Waals surface area contributed by atoms with Crippen LogP contribution in [0.25, 0.3) is 10.4 Å². The van der Waals surface area contributed by atoms with Gasteiger partial charge in [0.25, 0.3) is 5.91 Å². The molecule has 1 aliphatic carbocycles. The predicted octanol–water partition coefficient (Wildman–Crippen LogP) is 2.56. The molecule has 1 aromatic carbocycles. The molecule has 2 aromatic rings. The van der Waals surface area contributed by atoms with Crippen molar-refractivity contribution in [2.75, 3.05) is 19.8 Å². The fourth-order valence-electron chi connectivity index (χ4n) is 4.26. The summed E-state index contributed by atoms with van der Waals surface area (Å²) in [6.07, 6.45) is 3.43. The van der Waals surface area contributed by atoms with Gasteiger partial charge in [0.05, 0.1) is 4.88 Å². The van der Waals surface area contributed by atoms with Gasteiger partial charge < -0.3 is 14.8 Å². The summed E-state index contributed by atoms with van der Waals surface area (Å²) >= 11 is 1.51. The van der Waals surface area contributed by atoms with E-state index in [1.54, 1.807) is 0 Å². The summed E-state index contributed by atoms with van der Waals surface area (Å²) in [6.45, 7) is 2.15. The lowest BCUT2D eigenvalue weighted by atomic mass is 9.82. The van der Waals surface area contributed by atoms with Gasteiger partial charge in [0.2, 0.25) is 0 Å². The summed E-state index contributed by atoms with van der Waals surface area (Å²) in [5.74, 6) is 2.18. The van der Waals surface area contributed by atoms with Crippen LogP contribution in [0.1, 0.15) is 28.9 Å². The third-order valence-corrected chi connectivity index (χ3v) is 6.77. The second kappa shape index (κ2) is 7.14. The molecular formula is C20H23N3O3S. The molecule has 6 nitrogen and oxygen atoms in total. The topological polar surface area (TPSA) is 71.6 Å². The van der Waals surface area contributed by atoms with Crippen molar-refractivity contribution in [1.29, 1.82) is 0 Å². The lowest BCUT2D eigenvalue weighted by molar-refractivity contribution is 0.0914. The lowest BCUT2D eigenvalue weighted by Gasteiger charge is -2.33. The van der Waals surface area contributed by atoms with Crippen molar-refractivity contribution in [2.24, 2.45) is 5.92 Å². The molecule has 2 fully saturated rings. The second-order valence-corrected chi connectivity index (χ2v) is 8.43. The van der Waals surface area contributed by atoms with Gasteiger partial charge in [-0.15, -0.1) is 11.3 Å². The Balaban J connectivity index is 1.31. The number of carbonyl (C=O) groups is 1. The molecule has 5 rings (SSSR count). The molecule has 0 bridgehead atoms. The average molecular weight is 385 g/mol. The van der Waals surface area contributed by atoms with Crippen LogP contribution in [0.5, 0.6) is 11.5 Å². The Morgan fingerprint density at radius 2 is 2.00 bits per heavy atom. The van der Waals surface area contributed by atoms with E-state index in [4.69, 9.17) is 9.47 Å². The first-order chi connectivity index (χ1) is 13.3. The first kappa shape index (κ1) is 17.0. The molecule has 3 N–H and O–H groups in total. The zero-order valence-electron chi connectivity index (χ0n) is 15.0. The Hall–Kier alpha value is -2.09. The van der Waals surface area contributed by atoms with Crippen molar-refractivity contribution < 1.29 is 14.3 Å². The number of ether oxygens (including phenoxy) is 2. The van der Waals surface area contributed by atoms with Gasteiger partial charge in [-0.2, -0.15) is 0 Å². The molecule has 7 heteroatoms. The number of hydrogen-bond acceptors (Lipinski definition) is 6. The zero-order valence-corrected chi connectivity index (χ0v) is 15.8. The molecule has 3 heterocycles. The number of amides is 1. The molecule has 1 amide bonds. The van der Waals surface area contributed by atoms with Crippen molar-refractivity contribution in [2.45, 2.75) is 31.3 Å². The predicted molar refractivity (Wildman–Crippen MR) is 104 cm³/mol. The fourth-order valence-corrected chi connectivity index (χ4v) is 5.16. The Bertz CT molecular complexity index is 853. The Morgan fingerprint density at radius 1 is 1.11 bits per heavy atom. The third kappa shape index (κ3) is 3.31. The van der Waals surface area contributed by atoms with Gasteiger partial charge in [0, 0.05) is 23.5 Å². The second-order valence-electron chi connectivity index (χ2n) is 7.34. The maximum Gasteiger partial charge on any atom is 0.261 e. The first-order valence-electron chi connectivity index (χ1n) is 9.57. The van der Waals surface area contributed by atoms with E-state index in [-0.39, 0.29) is 11.9 Å². The van der Waals surface area contributed by atoms with E-state index in [1.807, 2.05) is 30.3 Å². The molecule has 1 saturated heterocycles. The molecule has 142 valence electrons. The molecular weight excluding hydrogens is 362 g/mol. The summed E-state index contributed by atoms with van der Waals surface area (Å²) in [6, 6.07) is 10.4. The summed E-state index contributed by atoms with van der Waals surface area (Å²) in [7, 11) is 0. The maximum atomic E-state index is 12.8. The molecule has 3 aliphatic rings. The van der Waals surface area contributed by atoms with Crippen LogP contribution in [0, 0.1) is 5.92 Å². The highest BCUT2D eigenvalue weighted by molar-refractivity contribution is 7.17. The Kier molecular flexibility index (Phi) is 4.51. The summed E-state index contributed by atoms with van der Waals surface area (Å²) in [5, 5.41) is 3.25. The van der Waals surface area contributed by atoms with Crippen molar-refractivity contribution >= 4 is 17.2 Å². The van der Waals surface area contributed by atoms with Crippen molar-refractivity contribution in [3.8, 4) is 21.9 Å². The van der Waals surface area contributed by atoms with Crippen LogP contribution in [0.4, 0.5) is 0 Å². The molecule has 3 unspecified atom stereocenters. The summed E-state index contributed by atoms with van der Waals surface area (Å²) in [5.41, 5.74) is 7.62. The van der Waals surface area contributed by atoms with Gasteiger partial charge in [-0.1, -0.05) is 6.42 Å². The number of thiophene rings is 1. The SMILES string of the molecule is O=C(NC1CCCC2CNNC21)c1ccc(-c2ccc3c(c2)OCCO3)s1. The van der Waals surface area contributed by atoms with E-state index in [2.05, 4.69) is 16.2 Å². The van der Waals surface area contributed by atoms with Gasteiger partial charge in [0.15, 0.2) is 11.5 Å². The number of hydrazine groups is 1. The summed E-state index contributed by atoms with van der Waals surface area (Å²) in [4.78, 5) is 14.6. The van der Waals surface area contributed by atoms with Crippen molar-refractivity contribution in [3.05, 3.63) is 35.2 Å². The lowest BCUT2D eigenvalue weighted by Crippen LogP contribution is -2.52. The number of fused-ring (bicyclic) bond motifs is 2. The van der Waals surface area contributed by atoms with E-state index in [0.29, 0.717) is 25.2 Å². The maximum absolute atomic E-state index is 12.8. The number of carbonyl (C=O) groups excluding carboxylic acids is 1. The molecule has 2 aliphatic heterocycles. The highest BCUT2D eigenvalue weighted by Gasteiger charge is 2.37. The van der Waals surface area contributed by atoms with Gasteiger partial charge in [-0.05, 0) is 54.7 Å². The van der Waals surface area contributed by atoms with E-state index in [9.17, 15) is 4.79 Å². The number of benzene rings is 1. The third-order valence-electron chi connectivity index (χ3n) is 5.64. The van der Waals surface area contributed by atoms with E-state index < -0.39 is 0 Å². The van der Waals surface area contributed by atoms with Gasteiger partial charge in [0.1, 0.15) is 13.2 Å². The van der Waals surface area contributed by atoms with Crippen molar-refractivity contribution in [1.82, 2.24) is 16.2 Å². The van der Waals surface area contributed by atoms with Crippen LogP contribution in [0.3, 0.4) is 0 Å². The van der Waals surface area contributed by atoms with E-state index in [0.717, 1.165) is 39.8 Å². The van der Waals surface area contributed by atoms with Gasteiger partial charge in [-0.25, -0.2) is 0 Å². The van der Waals surface area contributed by atoms with Crippen LogP contribution >= 0.6 is 11.3 Å². The molecule has 1 aromatic heterocycles. The highest BCUT2D eigenvalue weighted by atomic mass is 32.1. The molecule has 0 radical (unpaired) electrons. The summed E-state index contributed by atoms with van der Waals surface area (Å²) < 4.78 is 11.2. The van der Waals surface area contributed by atoms with Gasteiger partial charge >= 0.3 is 0 Å². The Morgan fingerprint density at radius 3 is 2.93 bits per heavy atom. The highest BCUT2D eigenvalue weighted by Crippen LogP contribution is 2.37. The van der Waals surface area contributed by atoms with Crippen LogP contribution < -0.4 is 25.6 Å². The minimum absolute atomic E-state index is 0.0168. The smallest absolute Gasteiger partial charge is 0.261 e. The van der Waals surface area contributed by atoms with Crippen LogP contribution in [-0.2, 0) is 0 Å². The normalized spacial score (nSPS) is 26.4. The average Bonchev–Trinajstić information content (AvgIpc) is 3.38. The molecule has 27 heavy (non-hydrogen) atoms. The monoisotopic (exact) mass is 385 g/mol. The molecule has 1 saturated carbocycles. The zero-order chi connectivity index (χ0) is 18.2. The molecule has 0 spiro atoms. The number of nitrogens with one attached hydrogen (secondary N) is 3. The Labute approximate surface area is 162 Å². The largest absolute Gasteiger partial charge is 0.486 e. The van der Waals surface area contributed by atoms with E-state index >= 15 is 0 Å². The number of rotatable bonds is 3. The van der Waals surface area contributed by atoms with E-state index in [1.165, 1.54) is 24.2 Å². The number of hydrogen-bond donors (Lipinski definition) is 3. The van der Waals surface area contributed by atoms with Crippen LogP contribution in [0.15, 0.2) is 30.3 Å². The molecule has 3 atom stereocenters. The first-order valence-corrected chi connectivity index (χ1v) is 10.4. The van der Waals surface area contributed by atoms with Gasteiger partial charge in [-0.3, -0.25) is 15.6 Å². The van der Waals surface area contributed by atoms with Crippen LogP contribution in [0.2, 0.25) is 0 Å². The standard InChI is InChI=1S/C20H23N3O3S/c24-20(22-14-3-1-2-13-11-21-23-19(13)14)18-7-6-17(27-18)12-4-5-15-16(10-12)26-9-8-25-15/h4-7,10,13-14,19,21,23H,1-3,8-9,11H2,(H,22,24). The fraction of sp³-hybridized carbons (Fsp3) is 0.450. The van der Waals surface area contributed by atoms with Crippen LogP contribution in [-0.4, -0.2) is 37.7 Å². The quantitative estimate of drug-likeness (QED) is 0.758.